The Balaban J connectivity index is 1.58. The fourth-order valence-electron chi connectivity index (χ4n) is 2.23. The molecule has 0 aliphatic carbocycles. The summed E-state index contributed by atoms with van der Waals surface area (Å²) in [5.74, 6) is 0.175. The summed E-state index contributed by atoms with van der Waals surface area (Å²) in [5.41, 5.74) is 3.23. The van der Waals surface area contributed by atoms with Gasteiger partial charge < -0.3 is 18.9 Å². The molecule has 7 nitrogen and oxygen atoms in total. The number of rotatable bonds is 4. The Bertz CT molecular complexity index is 613. The van der Waals surface area contributed by atoms with Gasteiger partial charge in [-0.3, -0.25) is 4.79 Å². The van der Waals surface area contributed by atoms with Gasteiger partial charge in [-0.2, -0.15) is 5.10 Å². The lowest BCUT2D eigenvalue weighted by molar-refractivity contribution is -0.159. The van der Waals surface area contributed by atoms with E-state index in [-0.39, 0.29) is 19.1 Å². The quantitative estimate of drug-likeness (QED) is 0.645. The van der Waals surface area contributed by atoms with E-state index in [9.17, 15) is 4.79 Å². The minimum absolute atomic E-state index is 0.0924. The highest BCUT2D eigenvalue weighted by Crippen LogP contribution is 2.39. The van der Waals surface area contributed by atoms with Crippen LogP contribution in [0, 0.1) is 0 Å². The molecule has 1 aromatic rings. The van der Waals surface area contributed by atoms with Crippen LogP contribution in [-0.2, 0) is 14.3 Å². The number of carbonyl (C=O) groups excluding carboxylic acids is 1. The highest BCUT2D eigenvalue weighted by molar-refractivity contribution is 9.10. The molecule has 0 saturated carbocycles. The Labute approximate surface area is 135 Å². The van der Waals surface area contributed by atoms with E-state index in [1.54, 1.807) is 13.0 Å². The first kappa shape index (κ1) is 15.3. The molecule has 8 heteroatoms. The number of nitrogens with one attached hydrogen (secondary N) is 1. The van der Waals surface area contributed by atoms with Crippen molar-refractivity contribution in [3.63, 3.8) is 0 Å². The van der Waals surface area contributed by atoms with Crippen LogP contribution in [0.4, 0.5) is 0 Å². The summed E-state index contributed by atoms with van der Waals surface area (Å²) in [6.45, 7) is 2.93. The zero-order chi connectivity index (χ0) is 15.6. The third-order valence-electron chi connectivity index (χ3n) is 3.23. The van der Waals surface area contributed by atoms with Crippen LogP contribution < -0.4 is 14.9 Å². The van der Waals surface area contributed by atoms with Crippen LogP contribution in [0.5, 0.6) is 11.5 Å². The molecule has 0 atom stereocenters. The van der Waals surface area contributed by atoms with Crippen LogP contribution in [0.2, 0.25) is 0 Å². The highest BCUT2D eigenvalue weighted by Gasteiger charge is 2.33. The first-order chi connectivity index (χ1) is 10.6. The molecule has 0 radical (unpaired) electrons. The number of carbonyl (C=O) groups is 1. The molecular weight excluding hydrogens is 356 g/mol. The van der Waals surface area contributed by atoms with Crippen LogP contribution in [0.3, 0.4) is 0 Å². The van der Waals surface area contributed by atoms with Crippen molar-refractivity contribution in [2.24, 2.45) is 5.10 Å². The molecule has 2 heterocycles. The van der Waals surface area contributed by atoms with E-state index >= 15 is 0 Å². The topological polar surface area (TPSA) is 78.4 Å². The molecule has 3 rings (SSSR count). The molecule has 1 fully saturated rings. The first-order valence-corrected chi connectivity index (χ1v) is 7.54. The minimum Gasteiger partial charge on any atom is -0.454 e. The number of nitrogens with zero attached hydrogens (tertiary/aromatic N) is 1. The van der Waals surface area contributed by atoms with Crippen molar-refractivity contribution in [2.45, 2.75) is 19.1 Å². The maximum atomic E-state index is 11.8. The number of benzene rings is 1. The standard InChI is InChI=1S/C14H15BrN2O5/c1-14(21-2-3-22-14)6-12(18)17-16-7-9-4-10(15)13-11(5-9)19-8-20-13/h4-5,7H,2-3,6,8H2,1H3,(H,17,18)/b16-7+. The number of ether oxygens (including phenoxy) is 4. The van der Waals surface area contributed by atoms with Gasteiger partial charge in [0.25, 0.3) is 0 Å². The molecule has 2 aliphatic heterocycles. The second-order valence-corrected chi connectivity index (χ2v) is 5.89. The average Bonchev–Trinajstić information content (AvgIpc) is 3.08. The van der Waals surface area contributed by atoms with E-state index < -0.39 is 5.79 Å². The zero-order valence-electron chi connectivity index (χ0n) is 11.9. The number of halogens is 1. The van der Waals surface area contributed by atoms with Gasteiger partial charge in [-0.15, -0.1) is 0 Å². The summed E-state index contributed by atoms with van der Waals surface area (Å²) >= 11 is 3.40. The largest absolute Gasteiger partial charge is 0.454 e. The van der Waals surface area contributed by atoms with Gasteiger partial charge in [-0.05, 0) is 40.5 Å². The number of fused-ring (bicyclic) bond motifs is 1. The smallest absolute Gasteiger partial charge is 0.245 e. The van der Waals surface area contributed by atoms with Gasteiger partial charge in [-0.25, -0.2) is 5.43 Å². The number of hydrogen-bond acceptors (Lipinski definition) is 6. The Morgan fingerprint density at radius 1 is 1.41 bits per heavy atom. The lowest BCUT2D eigenvalue weighted by Gasteiger charge is -2.20. The van der Waals surface area contributed by atoms with Gasteiger partial charge in [0.15, 0.2) is 17.3 Å². The molecule has 118 valence electrons. The summed E-state index contributed by atoms with van der Waals surface area (Å²) in [4.78, 5) is 11.8. The summed E-state index contributed by atoms with van der Waals surface area (Å²) in [6, 6.07) is 3.61. The molecule has 0 spiro atoms. The summed E-state index contributed by atoms with van der Waals surface area (Å²) in [6.07, 6.45) is 1.62. The maximum absolute atomic E-state index is 11.8. The van der Waals surface area contributed by atoms with E-state index in [1.807, 2.05) is 6.07 Å². The van der Waals surface area contributed by atoms with Gasteiger partial charge >= 0.3 is 0 Å². The Morgan fingerprint density at radius 3 is 2.95 bits per heavy atom. The lowest BCUT2D eigenvalue weighted by Crippen LogP contribution is -2.33. The predicted octanol–water partition coefficient (Wildman–Crippen LogP) is 1.78. The fraction of sp³-hybridized carbons (Fsp3) is 0.429. The molecule has 1 saturated heterocycles. The molecule has 0 unspecified atom stereocenters. The molecule has 1 aromatic carbocycles. The Hall–Kier alpha value is -1.64. The normalized spacial score (nSPS) is 18.8. The summed E-state index contributed by atoms with van der Waals surface area (Å²) < 4.78 is 22.1. The van der Waals surface area contributed by atoms with Gasteiger partial charge in [0.2, 0.25) is 12.7 Å². The SMILES string of the molecule is CC1(CC(=O)N/N=C/c2cc(Br)c3c(c2)OCO3)OCCO1. The molecule has 1 N–H and O–H groups in total. The van der Waals surface area contributed by atoms with E-state index in [2.05, 4.69) is 26.5 Å². The predicted molar refractivity (Wildman–Crippen MR) is 80.9 cm³/mol. The van der Waals surface area contributed by atoms with Crippen LogP contribution in [0.25, 0.3) is 0 Å². The van der Waals surface area contributed by atoms with Crippen molar-refractivity contribution in [1.29, 1.82) is 0 Å². The van der Waals surface area contributed by atoms with E-state index in [1.165, 1.54) is 6.21 Å². The first-order valence-electron chi connectivity index (χ1n) is 6.75. The van der Waals surface area contributed by atoms with Crippen molar-refractivity contribution in [2.75, 3.05) is 20.0 Å². The van der Waals surface area contributed by atoms with Crippen LogP contribution in [0.15, 0.2) is 21.7 Å². The third kappa shape index (κ3) is 3.40. The van der Waals surface area contributed by atoms with E-state index in [0.29, 0.717) is 24.7 Å². The van der Waals surface area contributed by atoms with Crippen molar-refractivity contribution in [1.82, 2.24) is 5.43 Å². The monoisotopic (exact) mass is 370 g/mol. The van der Waals surface area contributed by atoms with E-state index in [0.717, 1.165) is 10.0 Å². The Kier molecular flexibility index (Phi) is 4.32. The number of amides is 1. The van der Waals surface area contributed by atoms with E-state index in [4.69, 9.17) is 18.9 Å². The van der Waals surface area contributed by atoms with Gasteiger partial charge in [-0.1, -0.05) is 0 Å². The summed E-state index contributed by atoms with van der Waals surface area (Å²) in [5, 5.41) is 3.93. The van der Waals surface area contributed by atoms with Gasteiger partial charge in [0.05, 0.1) is 30.3 Å². The number of hydrogen-bond donors (Lipinski definition) is 1. The molecular formula is C14H15BrN2O5. The average molecular weight is 371 g/mol. The fourth-order valence-corrected chi connectivity index (χ4v) is 2.80. The van der Waals surface area contributed by atoms with Crippen molar-refractivity contribution in [3.8, 4) is 11.5 Å². The molecule has 0 aromatic heterocycles. The van der Waals surface area contributed by atoms with Crippen molar-refractivity contribution >= 4 is 28.1 Å². The summed E-state index contributed by atoms with van der Waals surface area (Å²) in [7, 11) is 0. The lowest BCUT2D eigenvalue weighted by atomic mass is 10.2. The van der Waals surface area contributed by atoms with Crippen LogP contribution >= 0.6 is 15.9 Å². The minimum atomic E-state index is -0.860. The van der Waals surface area contributed by atoms with Crippen LogP contribution in [-0.4, -0.2) is 37.9 Å². The van der Waals surface area contributed by atoms with Crippen molar-refractivity contribution in [3.05, 3.63) is 22.2 Å². The van der Waals surface area contributed by atoms with Crippen molar-refractivity contribution < 1.29 is 23.7 Å². The van der Waals surface area contributed by atoms with Crippen LogP contribution in [0.1, 0.15) is 18.9 Å². The third-order valence-corrected chi connectivity index (χ3v) is 3.82. The second kappa shape index (κ2) is 6.23. The highest BCUT2D eigenvalue weighted by atomic mass is 79.9. The maximum Gasteiger partial charge on any atom is 0.245 e. The van der Waals surface area contributed by atoms with Gasteiger partial charge in [0.1, 0.15) is 0 Å². The molecule has 0 bridgehead atoms. The Morgan fingerprint density at radius 2 is 2.18 bits per heavy atom. The van der Waals surface area contributed by atoms with Gasteiger partial charge in [0, 0.05) is 0 Å². The zero-order valence-corrected chi connectivity index (χ0v) is 13.5. The second-order valence-electron chi connectivity index (χ2n) is 5.04. The molecule has 2 aliphatic rings. The molecule has 22 heavy (non-hydrogen) atoms. The number of hydrazone groups is 1. The molecule has 1 amide bonds.